The number of ether oxygens (including phenoxy) is 2. The third kappa shape index (κ3) is 4.82. The molecule has 0 bridgehead atoms. The first-order valence-corrected chi connectivity index (χ1v) is 10.3. The van der Waals surface area contributed by atoms with Crippen LogP contribution < -0.4 is 4.46 Å². The minimum atomic E-state index is -0.157. The molecular formula is C21H22O3Se. The van der Waals surface area contributed by atoms with E-state index in [1.165, 1.54) is 4.46 Å². The fourth-order valence-corrected chi connectivity index (χ4v) is 4.89. The van der Waals surface area contributed by atoms with Crippen LogP contribution in [-0.4, -0.2) is 27.5 Å². The normalized spacial score (nSPS) is 16.9. The van der Waals surface area contributed by atoms with Crippen molar-refractivity contribution in [3.05, 3.63) is 76.5 Å². The van der Waals surface area contributed by atoms with Crippen LogP contribution in [0.1, 0.15) is 37.9 Å². The molecule has 2 aromatic rings. The molecular weight excluding hydrogens is 379 g/mol. The summed E-state index contributed by atoms with van der Waals surface area (Å²) in [5.74, 6) is 0.550. The summed E-state index contributed by atoms with van der Waals surface area (Å²) in [6.07, 6.45) is 2.17. The Morgan fingerprint density at radius 3 is 2.48 bits per heavy atom. The molecule has 3 rings (SSSR count). The van der Waals surface area contributed by atoms with E-state index < -0.39 is 0 Å². The molecule has 0 aromatic heterocycles. The molecule has 1 aliphatic rings. The Balaban J connectivity index is 1.85. The van der Waals surface area contributed by atoms with E-state index in [0.717, 1.165) is 22.9 Å². The van der Waals surface area contributed by atoms with E-state index in [0.29, 0.717) is 18.8 Å². The van der Waals surface area contributed by atoms with Crippen molar-refractivity contribution in [1.82, 2.24) is 0 Å². The first-order valence-electron chi connectivity index (χ1n) is 8.61. The van der Waals surface area contributed by atoms with Gasteiger partial charge in [-0.3, -0.25) is 0 Å². The minimum absolute atomic E-state index is 0.0542. The van der Waals surface area contributed by atoms with Gasteiger partial charge in [0.2, 0.25) is 0 Å². The summed E-state index contributed by atoms with van der Waals surface area (Å²) in [6, 6.07) is 20.5. The molecule has 25 heavy (non-hydrogen) atoms. The Labute approximate surface area is 155 Å². The molecule has 1 heterocycles. The molecule has 0 N–H and O–H groups in total. The number of unbranched alkanes of at least 4 members (excludes halogenated alkanes) is 1. The maximum atomic E-state index is 12.1. The van der Waals surface area contributed by atoms with Gasteiger partial charge in [0.05, 0.1) is 0 Å². The fourth-order valence-electron chi connectivity index (χ4n) is 2.64. The number of hydrogen-bond acceptors (Lipinski definition) is 3. The third-order valence-electron chi connectivity index (χ3n) is 3.94. The summed E-state index contributed by atoms with van der Waals surface area (Å²) in [5.41, 5.74) is 1.11. The molecule has 3 nitrogen and oxygen atoms in total. The molecule has 1 atom stereocenters. The summed E-state index contributed by atoms with van der Waals surface area (Å²) in [4.78, 5) is 12.1. The zero-order valence-electron chi connectivity index (χ0n) is 14.3. The van der Waals surface area contributed by atoms with Crippen LogP contribution in [0.5, 0.6) is 0 Å². The molecule has 0 saturated heterocycles. The Kier molecular flexibility index (Phi) is 6.46. The van der Waals surface area contributed by atoms with Gasteiger partial charge in [0.1, 0.15) is 0 Å². The van der Waals surface area contributed by atoms with E-state index in [-0.39, 0.29) is 27.0 Å². The SMILES string of the molecule is CCCCC(=O)OC1=C([Se]c2ccccc2)C(c2ccccc2)OC1. The first kappa shape index (κ1) is 17.9. The summed E-state index contributed by atoms with van der Waals surface area (Å²) >= 11 is 0.0542. The molecule has 4 heteroatoms. The summed E-state index contributed by atoms with van der Waals surface area (Å²) in [6.45, 7) is 2.43. The zero-order valence-corrected chi connectivity index (χ0v) is 16.0. The van der Waals surface area contributed by atoms with Gasteiger partial charge in [-0.2, -0.15) is 0 Å². The molecule has 0 fully saturated rings. The van der Waals surface area contributed by atoms with Crippen molar-refractivity contribution >= 4 is 25.4 Å². The van der Waals surface area contributed by atoms with Gasteiger partial charge in [0.15, 0.2) is 0 Å². The first-order chi connectivity index (χ1) is 12.3. The Hall–Kier alpha value is -1.87. The quantitative estimate of drug-likeness (QED) is 0.524. The molecule has 1 unspecified atom stereocenters. The number of benzene rings is 2. The van der Waals surface area contributed by atoms with E-state index in [4.69, 9.17) is 9.47 Å². The van der Waals surface area contributed by atoms with Gasteiger partial charge >= 0.3 is 155 Å². The van der Waals surface area contributed by atoms with Crippen molar-refractivity contribution in [2.75, 3.05) is 6.61 Å². The van der Waals surface area contributed by atoms with Gasteiger partial charge in [0, 0.05) is 0 Å². The van der Waals surface area contributed by atoms with Gasteiger partial charge < -0.3 is 0 Å². The fraction of sp³-hybridized carbons (Fsp3) is 0.286. The van der Waals surface area contributed by atoms with E-state index in [9.17, 15) is 4.79 Å². The van der Waals surface area contributed by atoms with Crippen molar-refractivity contribution in [2.45, 2.75) is 32.3 Å². The number of esters is 1. The van der Waals surface area contributed by atoms with Crippen LogP contribution in [0, 0.1) is 0 Å². The van der Waals surface area contributed by atoms with Crippen molar-refractivity contribution in [3.8, 4) is 0 Å². The molecule has 1 aliphatic heterocycles. The number of rotatable bonds is 7. The van der Waals surface area contributed by atoms with Crippen LogP contribution in [0.25, 0.3) is 0 Å². The molecule has 0 aliphatic carbocycles. The molecule has 0 radical (unpaired) electrons. The number of carbonyl (C=O) groups excluding carboxylic acids is 1. The van der Waals surface area contributed by atoms with E-state index in [1.807, 2.05) is 36.4 Å². The zero-order chi connectivity index (χ0) is 17.5. The Morgan fingerprint density at radius 1 is 1.12 bits per heavy atom. The van der Waals surface area contributed by atoms with Gasteiger partial charge in [-0.05, 0) is 0 Å². The van der Waals surface area contributed by atoms with Crippen molar-refractivity contribution in [3.63, 3.8) is 0 Å². The van der Waals surface area contributed by atoms with Gasteiger partial charge in [-0.25, -0.2) is 0 Å². The van der Waals surface area contributed by atoms with Crippen molar-refractivity contribution in [1.29, 1.82) is 0 Å². The van der Waals surface area contributed by atoms with E-state index in [1.54, 1.807) is 0 Å². The van der Waals surface area contributed by atoms with Crippen molar-refractivity contribution < 1.29 is 14.3 Å². The van der Waals surface area contributed by atoms with Gasteiger partial charge in [-0.15, -0.1) is 0 Å². The summed E-state index contributed by atoms with van der Waals surface area (Å²) in [5, 5.41) is 0. The van der Waals surface area contributed by atoms with Crippen LogP contribution in [0.3, 0.4) is 0 Å². The Bertz CT molecular complexity index is 725. The second-order valence-electron chi connectivity index (χ2n) is 5.88. The van der Waals surface area contributed by atoms with E-state index >= 15 is 0 Å². The van der Waals surface area contributed by atoms with Crippen LogP contribution in [0.4, 0.5) is 0 Å². The monoisotopic (exact) mass is 402 g/mol. The standard InChI is InChI=1S/C21H22O3Se/c1-2-3-14-19(22)24-18-15-23-20(16-10-6-4-7-11-16)21(18)25-17-12-8-5-9-13-17/h4-13,20H,2-3,14-15H2,1H3. The van der Waals surface area contributed by atoms with Crippen LogP contribution in [-0.2, 0) is 14.3 Å². The summed E-state index contributed by atoms with van der Waals surface area (Å²) < 4.78 is 14.0. The van der Waals surface area contributed by atoms with Crippen LogP contribution >= 0.6 is 0 Å². The number of hydrogen-bond donors (Lipinski definition) is 0. The molecule has 0 amide bonds. The van der Waals surface area contributed by atoms with Crippen LogP contribution in [0.15, 0.2) is 70.9 Å². The third-order valence-corrected chi connectivity index (χ3v) is 6.39. The average Bonchev–Trinajstić information content (AvgIpc) is 3.04. The predicted molar refractivity (Wildman–Crippen MR) is 99.6 cm³/mol. The Morgan fingerprint density at radius 2 is 1.80 bits per heavy atom. The molecule has 0 saturated carbocycles. The van der Waals surface area contributed by atoms with Crippen LogP contribution in [0.2, 0.25) is 0 Å². The summed E-state index contributed by atoms with van der Waals surface area (Å²) in [7, 11) is 0. The molecule has 0 spiro atoms. The second kappa shape index (κ2) is 9.00. The topological polar surface area (TPSA) is 35.5 Å². The second-order valence-corrected chi connectivity index (χ2v) is 8.22. The van der Waals surface area contributed by atoms with Gasteiger partial charge in [-0.1, -0.05) is 0 Å². The predicted octanol–water partition coefficient (Wildman–Crippen LogP) is 3.73. The van der Waals surface area contributed by atoms with Crippen molar-refractivity contribution in [2.24, 2.45) is 0 Å². The molecule has 2 aromatic carbocycles. The number of carbonyl (C=O) groups is 1. The maximum absolute atomic E-state index is 12.1. The van der Waals surface area contributed by atoms with Gasteiger partial charge in [0.25, 0.3) is 0 Å². The average molecular weight is 401 g/mol. The van der Waals surface area contributed by atoms with E-state index in [2.05, 4.69) is 31.2 Å². The molecule has 130 valence electrons.